The van der Waals surface area contributed by atoms with E-state index in [0.29, 0.717) is 0 Å². The molecule has 39 heavy (non-hydrogen) atoms. The number of rotatable bonds is 6. The van der Waals surface area contributed by atoms with E-state index in [9.17, 15) is 14.4 Å². The summed E-state index contributed by atoms with van der Waals surface area (Å²) in [5.74, 6) is -0.298. The SMILES string of the molecule is COc1cc2c(cc1OC)N(C(=O)OCC(Cl)(Cl)Cl)[C@@H](O[Si](C)(C)C(C)(C)C)[C@@H]1C[C@@H](OC(C)=O)CN1C2=O. The number of esters is 1. The fourth-order valence-electron chi connectivity index (χ4n) is 4.38. The van der Waals surface area contributed by atoms with Gasteiger partial charge in [-0.3, -0.25) is 9.59 Å². The van der Waals surface area contributed by atoms with E-state index in [-0.39, 0.29) is 40.8 Å². The summed E-state index contributed by atoms with van der Waals surface area (Å²) >= 11 is 17.6. The molecule has 14 heteroatoms. The van der Waals surface area contributed by atoms with Crippen LogP contribution in [0.1, 0.15) is 44.5 Å². The van der Waals surface area contributed by atoms with Crippen molar-refractivity contribution >= 4 is 66.8 Å². The highest BCUT2D eigenvalue weighted by molar-refractivity contribution is 6.74. The molecular formula is C25H35Cl3N2O8Si. The quantitative estimate of drug-likeness (QED) is 0.231. The Morgan fingerprint density at radius 3 is 2.18 bits per heavy atom. The summed E-state index contributed by atoms with van der Waals surface area (Å²) < 4.78 is 26.8. The molecule has 3 rings (SSSR count). The molecular weight excluding hydrogens is 591 g/mol. The molecule has 218 valence electrons. The maximum atomic E-state index is 14.0. The van der Waals surface area contributed by atoms with Crippen LogP contribution in [-0.2, 0) is 18.7 Å². The van der Waals surface area contributed by atoms with Crippen LogP contribution in [0.2, 0.25) is 18.1 Å². The van der Waals surface area contributed by atoms with Gasteiger partial charge in [0.1, 0.15) is 12.7 Å². The Bertz CT molecular complexity index is 1120. The number of hydrogen-bond donors (Lipinski definition) is 0. The van der Waals surface area contributed by atoms with Crippen LogP contribution in [0.15, 0.2) is 12.1 Å². The molecule has 0 radical (unpaired) electrons. The third kappa shape index (κ3) is 6.87. The largest absolute Gasteiger partial charge is 0.493 e. The molecule has 1 aromatic rings. The summed E-state index contributed by atoms with van der Waals surface area (Å²) in [4.78, 5) is 42.4. The van der Waals surface area contributed by atoms with Crippen LogP contribution < -0.4 is 14.4 Å². The van der Waals surface area contributed by atoms with Gasteiger partial charge < -0.3 is 28.3 Å². The third-order valence-electron chi connectivity index (χ3n) is 7.25. The molecule has 0 saturated carbocycles. The molecule has 0 aliphatic carbocycles. The number of fused-ring (bicyclic) bond motifs is 2. The molecule has 0 bridgehead atoms. The zero-order valence-corrected chi connectivity index (χ0v) is 26.6. The summed E-state index contributed by atoms with van der Waals surface area (Å²) in [6, 6.07) is 2.34. The summed E-state index contributed by atoms with van der Waals surface area (Å²) in [7, 11) is 0.298. The van der Waals surface area contributed by atoms with Crippen molar-refractivity contribution in [2.24, 2.45) is 0 Å². The van der Waals surface area contributed by atoms with E-state index in [1.807, 2.05) is 13.1 Å². The molecule has 2 heterocycles. The first-order valence-corrected chi connectivity index (χ1v) is 16.4. The Balaban J connectivity index is 2.26. The number of alkyl halides is 3. The van der Waals surface area contributed by atoms with Crippen molar-refractivity contribution in [3.05, 3.63) is 17.7 Å². The first kappa shape index (κ1) is 31.6. The summed E-state index contributed by atoms with van der Waals surface area (Å²) in [6.07, 6.45) is -2.26. The van der Waals surface area contributed by atoms with Gasteiger partial charge in [-0.15, -0.1) is 0 Å². The van der Waals surface area contributed by atoms with E-state index < -0.39 is 55.1 Å². The number of methoxy groups -OCH3 is 2. The Kier molecular flexibility index (Phi) is 9.33. The van der Waals surface area contributed by atoms with Crippen molar-refractivity contribution in [3.63, 3.8) is 0 Å². The number of amides is 2. The molecule has 0 spiro atoms. The number of carbonyl (C=O) groups is 3. The van der Waals surface area contributed by atoms with E-state index in [0.717, 1.165) is 0 Å². The molecule has 0 N–H and O–H groups in total. The van der Waals surface area contributed by atoms with Gasteiger partial charge in [0.2, 0.25) is 3.79 Å². The zero-order chi connectivity index (χ0) is 29.5. The maximum Gasteiger partial charge on any atom is 0.416 e. The van der Waals surface area contributed by atoms with E-state index in [2.05, 4.69) is 20.8 Å². The lowest BCUT2D eigenvalue weighted by Gasteiger charge is -2.44. The molecule has 2 aliphatic rings. The minimum atomic E-state index is -2.59. The fraction of sp³-hybridized carbons (Fsp3) is 0.640. The van der Waals surface area contributed by atoms with Crippen LogP contribution in [0.25, 0.3) is 0 Å². The van der Waals surface area contributed by atoms with Gasteiger partial charge in [0.25, 0.3) is 5.91 Å². The van der Waals surface area contributed by atoms with Gasteiger partial charge in [-0.05, 0) is 24.2 Å². The van der Waals surface area contributed by atoms with E-state index in [1.165, 1.54) is 38.2 Å². The van der Waals surface area contributed by atoms with Crippen molar-refractivity contribution in [2.75, 3.05) is 32.3 Å². The average Bonchev–Trinajstić information content (AvgIpc) is 3.19. The number of ether oxygens (including phenoxy) is 4. The molecule has 1 aromatic carbocycles. The van der Waals surface area contributed by atoms with Crippen LogP contribution >= 0.6 is 34.8 Å². The lowest BCUT2D eigenvalue weighted by Crippen LogP contribution is -2.58. The van der Waals surface area contributed by atoms with E-state index in [4.69, 9.17) is 58.2 Å². The molecule has 0 aromatic heterocycles. The number of anilines is 1. The van der Waals surface area contributed by atoms with Crippen LogP contribution in [0, 0.1) is 0 Å². The van der Waals surface area contributed by atoms with Crippen molar-refractivity contribution in [1.29, 1.82) is 0 Å². The van der Waals surface area contributed by atoms with Crippen LogP contribution in [0.4, 0.5) is 10.5 Å². The monoisotopic (exact) mass is 624 g/mol. The van der Waals surface area contributed by atoms with Gasteiger partial charge in [-0.1, -0.05) is 55.6 Å². The van der Waals surface area contributed by atoms with Crippen LogP contribution in [0.5, 0.6) is 11.5 Å². The molecule has 1 saturated heterocycles. The minimum absolute atomic E-state index is 0.116. The normalized spacial score (nSPS) is 21.6. The number of carbonyl (C=O) groups excluding carboxylic acids is 3. The van der Waals surface area contributed by atoms with E-state index in [1.54, 1.807) is 4.90 Å². The molecule has 2 aliphatic heterocycles. The second-order valence-electron chi connectivity index (χ2n) is 11.0. The third-order valence-corrected chi connectivity index (χ3v) is 12.0. The lowest BCUT2D eigenvalue weighted by molar-refractivity contribution is -0.145. The lowest BCUT2D eigenvalue weighted by atomic mass is 10.1. The highest BCUT2D eigenvalue weighted by atomic mass is 35.6. The van der Waals surface area contributed by atoms with Gasteiger partial charge in [-0.25, -0.2) is 9.69 Å². The highest BCUT2D eigenvalue weighted by Gasteiger charge is 2.53. The predicted octanol–water partition coefficient (Wildman–Crippen LogP) is 5.52. The first-order chi connectivity index (χ1) is 17.9. The van der Waals surface area contributed by atoms with Crippen molar-refractivity contribution < 1.29 is 37.8 Å². The van der Waals surface area contributed by atoms with Gasteiger partial charge in [0.15, 0.2) is 26.0 Å². The number of halogens is 3. The predicted molar refractivity (Wildman–Crippen MR) is 151 cm³/mol. The molecule has 0 unspecified atom stereocenters. The zero-order valence-electron chi connectivity index (χ0n) is 23.3. The van der Waals surface area contributed by atoms with Gasteiger partial charge in [-0.2, -0.15) is 0 Å². The maximum absolute atomic E-state index is 14.0. The van der Waals surface area contributed by atoms with Crippen molar-refractivity contribution in [1.82, 2.24) is 4.90 Å². The molecule has 1 fully saturated rings. The molecule has 3 atom stereocenters. The van der Waals surface area contributed by atoms with Gasteiger partial charge in [0.05, 0.1) is 38.1 Å². The van der Waals surface area contributed by atoms with Gasteiger partial charge in [0, 0.05) is 19.4 Å². The Morgan fingerprint density at radius 2 is 1.67 bits per heavy atom. The second kappa shape index (κ2) is 11.5. The smallest absolute Gasteiger partial charge is 0.416 e. The van der Waals surface area contributed by atoms with E-state index >= 15 is 0 Å². The summed E-state index contributed by atoms with van der Waals surface area (Å²) in [5, 5.41) is -0.254. The number of hydrogen-bond acceptors (Lipinski definition) is 8. The van der Waals surface area contributed by atoms with Crippen molar-refractivity contribution in [2.45, 2.75) is 74.4 Å². The average molecular weight is 626 g/mol. The Labute approximate surface area is 244 Å². The highest BCUT2D eigenvalue weighted by Crippen LogP contribution is 2.45. The number of benzene rings is 1. The standard InChI is InChI=1S/C25H35Cl3N2O8Si/c1-14(31)37-15-9-18-22(38-39(7,8)24(2,3)4)30(23(33)36-13-25(26,27)28)17-11-20(35-6)19(34-5)10-16(17)21(32)29(18)12-15/h10-11,15,18,22H,9,12-13H2,1-8H3/t15-,18+,22+/m1/s1. The van der Waals surface area contributed by atoms with Crippen LogP contribution in [-0.4, -0.2) is 80.7 Å². The first-order valence-electron chi connectivity index (χ1n) is 12.3. The molecule has 10 nitrogen and oxygen atoms in total. The fourth-order valence-corrected chi connectivity index (χ4v) is 5.76. The van der Waals surface area contributed by atoms with Gasteiger partial charge >= 0.3 is 12.1 Å². The van der Waals surface area contributed by atoms with Crippen LogP contribution in [0.3, 0.4) is 0 Å². The summed E-state index contributed by atoms with van der Waals surface area (Å²) in [6.45, 7) is 11.1. The minimum Gasteiger partial charge on any atom is -0.493 e. The molecule has 2 amide bonds. The summed E-state index contributed by atoms with van der Waals surface area (Å²) in [5.41, 5.74) is 0.336. The van der Waals surface area contributed by atoms with Crippen molar-refractivity contribution in [3.8, 4) is 11.5 Å². The Hall–Kier alpha value is -1.92. The Morgan fingerprint density at radius 1 is 1.08 bits per heavy atom. The second-order valence-corrected chi connectivity index (χ2v) is 18.3. The number of nitrogens with zero attached hydrogens (tertiary/aromatic N) is 2. The topological polar surface area (TPSA) is 104 Å².